The Morgan fingerprint density at radius 2 is 2.03 bits per heavy atom. The quantitative estimate of drug-likeness (QED) is 0.474. The van der Waals surface area contributed by atoms with Gasteiger partial charge in [0.05, 0.1) is 38.9 Å². The first-order valence-corrected chi connectivity index (χ1v) is 12.8. The molecule has 8 nitrogen and oxygen atoms in total. The number of carbonyl (C=O) groups excluding carboxylic acids is 2. The lowest BCUT2D eigenvalue weighted by Gasteiger charge is -2.44. The lowest BCUT2D eigenvalue weighted by atomic mass is 9.93. The fourth-order valence-electron chi connectivity index (χ4n) is 5.15. The predicted molar refractivity (Wildman–Crippen MR) is 139 cm³/mol. The van der Waals surface area contributed by atoms with Crippen LogP contribution in [0.4, 0.5) is 0 Å². The number of carbonyl (C=O) groups is 2. The van der Waals surface area contributed by atoms with Gasteiger partial charge >= 0.3 is 0 Å². The van der Waals surface area contributed by atoms with Gasteiger partial charge in [-0.15, -0.1) is 0 Å². The maximum absolute atomic E-state index is 14.0. The summed E-state index contributed by atoms with van der Waals surface area (Å²) in [5.74, 6) is 0.926. The molecule has 1 saturated heterocycles. The van der Waals surface area contributed by atoms with Gasteiger partial charge < -0.3 is 29.0 Å². The van der Waals surface area contributed by atoms with Crippen LogP contribution in [0.2, 0.25) is 0 Å². The number of halogens is 1. The van der Waals surface area contributed by atoms with E-state index < -0.39 is 5.54 Å². The number of amides is 2. The van der Waals surface area contributed by atoms with Crippen LogP contribution in [0.5, 0.6) is 11.5 Å². The third-order valence-corrected chi connectivity index (χ3v) is 7.71. The standard InChI is InChI=1S/C27H30BrN3O5/c1-27(26(33)29-14-21-5-4-10-36-21)16-30-22-13-20(34-2)8-6-17(22)12-23(30)25(32)31(27)15-18-11-19(28)7-9-24(18)35-3/h6-9,11-13,21H,4-5,10,14-16H2,1-3H3,(H,29,33)/t21-,27-/m0/s1. The van der Waals surface area contributed by atoms with Crippen molar-refractivity contribution >= 4 is 38.6 Å². The Bertz CT molecular complexity index is 1320. The molecular formula is C27H30BrN3O5. The van der Waals surface area contributed by atoms with Crippen LogP contribution in [0.1, 0.15) is 35.8 Å². The number of nitrogens with zero attached hydrogens (tertiary/aromatic N) is 2. The second-order valence-corrected chi connectivity index (χ2v) is 10.4. The molecule has 2 aliphatic rings. The van der Waals surface area contributed by atoms with Crippen molar-refractivity contribution in [2.75, 3.05) is 27.4 Å². The third kappa shape index (κ3) is 4.35. The first-order valence-electron chi connectivity index (χ1n) is 12.1. The molecule has 190 valence electrons. The van der Waals surface area contributed by atoms with E-state index in [0.717, 1.165) is 33.8 Å². The number of methoxy groups -OCH3 is 2. The molecule has 0 bridgehead atoms. The lowest BCUT2D eigenvalue weighted by Crippen LogP contribution is -2.64. The molecule has 2 aliphatic heterocycles. The number of hydrogen-bond acceptors (Lipinski definition) is 5. The SMILES string of the molecule is COc1ccc2cc3n(c2c1)C[C@@](C)(C(=O)NC[C@@H]1CCCO1)N(Cc1cc(Br)ccc1OC)C3=O. The van der Waals surface area contributed by atoms with Gasteiger partial charge in [-0.05, 0) is 56.2 Å². The summed E-state index contributed by atoms with van der Waals surface area (Å²) in [5, 5.41) is 3.99. The number of hydrogen-bond donors (Lipinski definition) is 1. The van der Waals surface area contributed by atoms with E-state index in [9.17, 15) is 9.59 Å². The number of ether oxygens (including phenoxy) is 3. The van der Waals surface area contributed by atoms with Crippen LogP contribution in [-0.4, -0.2) is 60.3 Å². The van der Waals surface area contributed by atoms with Crippen LogP contribution in [0.15, 0.2) is 46.9 Å². The molecule has 9 heteroatoms. The highest BCUT2D eigenvalue weighted by molar-refractivity contribution is 9.10. The Kier molecular flexibility index (Phi) is 6.70. The fraction of sp³-hybridized carbons (Fsp3) is 0.407. The van der Waals surface area contributed by atoms with Crippen LogP contribution in [0.25, 0.3) is 10.9 Å². The summed E-state index contributed by atoms with van der Waals surface area (Å²) in [6.07, 6.45) is 1.91. The van der Waals surface area contributed by atoms with Gasteiger partial charge in [0.25, 0.3) is 5.91 Å². The lowest BCUT2D eigenvalue weighted by molar-refractivity contribution is -0.133. The van der Waals surface area contributed by atoms with Crippen molar-refractivity contribution in [2.24, 2.45) is 0 Å². The molecule has 36 heavy (non-hydrogen) atoms. The summed E-state index contributed by atoms with van der Waals surface area (Å²) in [4.78, 5) is 29.5. The van der Waals surface area contributed by atoms with Crippen LogP contribution in [0.3, 0.4) is 0 Å². The van der Waals surface area contributed by atoms with Crippen LogP contribution < -0.4 is 14.8 Å². The van der Waals surface area contributed by atoms with E-state index in [1.54, 1.807) is 19.1 Å². The minimum absolute atomic E-state index is 0.00250. The van der Waals surface area contributed by atoms with E-state index in [1.807, 2.05) is 54.0 Å². The molecule has 2 amide bonds. The van der Waals surface area contributed by atoms with Gasteiger partial charge in [0.2, 0.25) is 5.91 Å². The Morgan fingerprint density at radius 1 is 1.19 bits per heavy atom. The van der Waals surface area contributed by atoms with Crippen molar-refractivity contribution in [3.63, 3.8) is 0 Å². The molecule has 3 heterocycles. The zero-order valence-electron chi connectivity index (χ0n) is 20.7. The van der Waals surface area contributed by atoms with Gasteiger partial charge in [0.1, 0.15) is 22.7 Å². The van der Waals surface area contributed by atoms with Gasteiger partial charge in [-0.3, -0.25) is 9.59 Å². The number of aromatic nitrogens is 1. The smallest absolute Gasteiger partial charge is 0.271 e. The zero-order chi connectivity index (χ0) is 25.4. The summed E-state index contributed by atoms with van der Waals surface area (Å²) in [6, 6.07) is 13.3. The molecular weight excluding hydrogens is 526 g/mol. The van der Waals surface area contributed by atoms with Gasteiger partial charge in [-0.25, -0.2) is 0 Å². The molecule has 0 unspecified atom stereocenters. The zero-order valence-corrected chi connectivity index (χ0v) is 22.3. The molecule has 1 N–H and O–H groups in total. The van der Waals surface area contributed by atoms with Crippen molar-refractivity contribution in [1.82, 2.24) is 14.8 Å². The number of fused-ring (bicyclic) bond motifs is 3. The molecule has 0 radical (unpaired) electrons. The highest BCUT2D eigenvalue weighted by atomic mass is 79.9. The molecule has 1 aromatic heterocycles. The van der Waals surface area contributed by atoms with Crippen LogP contribution in [0, 0.1) is 0 Å². The Labute approximate surface area is 218 Å². The van der Waals surface area contributed by atoms with Crippen molar-refractivity contribution in [2.45, 2.75) is 44.5 Å². The molecule has 2 aromatic carbocycles. The van der Waals surface area contributed by atoms with E-state index >= 15 is 0 Å². The largest absolute Gasteiger partial charge is 0.497 e. The molecule has 5 rings (SSSR count). The molecule has 3 aromatic rings. The molecule has 1 fully saturated rings. The maximum Gasteiger partial charge on any atom is 0.271 e. The molecule has 0 saturated carbocycles. The van der Waals surface area contributed by atoms with Gasteiger partial charge in [-0.1, -0.05) is 15.9 Å². The van der Waals surface area contributed by atoms with E-state index in [2.05, 4.69) is 21.2 Å². The minimum atomic E-state index is -1.15. The number of nitrogens with one attached hydrogen (secondary N) is 1. The monoisotopic (exact) mass is 555 g/mol. The van der Waals surface area contributed by atoms with Gasteiger partial charge in [-0.2, -0.15) is 0 Å². The fourth-order valence-corrected chi connectivity index (χ4v) is 5.56. The van der Waals surface area contributed by atoms with Crippen molar-refractivity contribution in [3.05, 3.63) is 58.2 Å². The number of rotatable bonds is 7. The summed E-state index contributed by atoms with van der Waals surface area (Å²) in [5.41, 5.74) is 1.06. The Morgan fingerprint density at radius 3 is 2.75 bits per heavy atom. The predicted octanol–water partition coefficient (Wildman–Crippen LogP) is 4.13. The van der Waals surface area contributed by atoms with Crippen LogP contribution >= 0.6 is 15.9 Å². The Balaban J connectivity index is 1.56. The third-order valence-electron chi connectivity index (χ3n) is 7.21. The van der Waals surface area contributed by atoms with Crippen molar-refractivity contribution < 1.29 is 23.8 Å². The van der Waals surface area contributed by atoms with E-state index in [1.165, 1.54) is 0 Å². The van der Waals surface area contributed by atoms with Crippen molar-refractivity contribution in [3.8, 4) is 11.5 Å². The topological polar surface area (TPSA) is 82.0 Å². The average molecular weight is 556 g/mol. The second-order valence-electron chi connectivity index (χ2n) is 9.51. The van der Waals surface area contributed by atoms with E-state index in [-0.39, 0.29) is 24.5 Å². The molecule has 2 atom stereocenters. The molecule has 0 aliphatic carbocycles. The van der Waals surface area contributed by atoms with E-state index in [0.29, 0.717) is 36.9 Å². The summed E-state index contributed by atoms with van der Waals surface area (Å²) in [6.45, 7) is 3.49. The molecule has 0 spiro atoms. The summed E-state index contributed by atoms with van der Waals surface area (Å²) < 4.78 is 19.5. The first kappa shape index (κ1) is 24.6. The maximum atomic E-state index is 14.0. The minimum Gasteiger partial charge on any atom is -0.497 e. The highest BCUT2D eigenvalue weighted by Crippen LogP contribution is 2.36. The summed E-state index contributed by atoms with van der Waals surface area (Å²) in [7, 11) is 3.21. The van der Waals surface area contributed by atoms with Crippen molar-refractivity contribution in [1.29, 1.82) is 0 Å². The van der Waals surface area contributed by atoms with E-state index in [4.69, 9.17) is 14.2 Å². The van der Waals surface area contributed by atoms with Crippen LogP contribution in [-0.2, 0) is 22.6 Å². The normalized spacial score (nSPS) is 21.5. The Hall–Kier alpha value is -3.04. The highest BCUT2D eigenvalue weighted by Gasteiger charge is 2.48. The average Bonchev–Trinajstić information content (AvgIpc) is 3.53. The van der Waals surface area contributed by atoms with Gasteiger partial charge in [0, 0.05) is 34.6 Å². The summed E-state index contributed by atoms with van der Waals surface area (Å²) >= 11 is 3.52. The van der Waals surface area contributed by atoms with Gasteiger partial charge in [0.15, 0.2) is 0 Å². The second kappa shape index (κ2) is 9.78. The first-order chi connectivity index (χ1) is 17.3. The number of benzene rings is 2.